The zero-order valence-electron chi connectivity index (χ0n) is 23.7. The molecular formula is C27H45N5OSi2Ti. The molecule has 0 saturated heterocycles. The van der Waals surface area contributed by atoms with Crippen LogP contribution in [-0.2, 0) is 26.5 Å². The number of ether oxygens (including phenoxy) is 1. The third-order valence-electron chi connectivity index (χ3n) is 3.80. The normalized spacial score (nSPS) is 10.9. The molecule has 0 saturated carbocycles. The summed E-state index contributed by atoms with van der Waals surface area (Å²) in [6.45, 7) is 22.3. The Balaban J connectivity index is 0. The van der Waals surface area contributed by atoms with Crippen LogP contribution in [0, 0.1) is 11.5 Å². The molecule has 6 nitrogen and oxygen atoms in total. The van der Waals surface area contributed by atoms with Gasteiger partial charge in [0.05, 0.1) is 0 Å². The molecule has 9 heteroatoms. The summed E-state index contributed by atoms with van der Waals surface area (Å²) in [5, 5.41) is 16.0. The number of benzene rings is 2. The number of nitrogens with zero attached hydrogens (tertiary/aromatic N) is 5. The van der Waals surface area contributed by atoms with E-state index in [1.54, 1.807) is 6.19 Å². The van der Waals surface area contributed by atoms with Crippen molar-refractivity contribution in [2.24, 2.45) is 0 Å². The minimum Gasteiger partial charge on any atom is -0.663 e. The van der Waals surface area contributed by atoms with Crippen molar-refractivity contribution in [3.63, 3.8) is 0 Å². The predicted octanol–water partition coefficient (Wildman–Crippen LogP) is 9.08. The van der Waals surface area contributed by atoms with Crippen LogP contribution >= 0.6 is 0 Å². The van der Waals surface area contributed by atoms with Crippen LogP contribution in [-0.4, -0.2) is 48.3 Å². The van der Waals surface area contributed by atoms with Crippen LogP contribution in [0.15, 0.2) is 60.7 Å². The van der Waals surface area contributed by atoms with Crippen molar-refractivity contribution in [2.45, 2.75) is 65.6 Å². The van der Waals surface area contributed by atoms with Crippen LogP contribution in [0.5, 0.6) is 0 Å². The summed E-state index contributed by atoms with van der Waals surface area (Å²) in [6, 6.07) is 19.9. The van der Waals surface area contributed by atoms with Gasteiger partial charge in [-0.25, -0.2) is 0 Å². The van der Waals surface area contributed by atoms with E-state index in [0.717, 1.165) is 37.7 Å². The van der Waals surface area contributed by atoms with Gasteiger partial charge in [-0.05, 0) is 5.54 Å². The first kappa shape index (κ1) is 36.7. The molecule has 0 aliphatic heterocycles. The maximum atomic E-state index is 7.99. The van der Waals surface area contributed by atoms with E-state index in [-0.39, 0.29) is 27.3 Å². The van der Waals surface area contributed by atoms with Crippen LogP contribution in [0.25, 0.3) is 20.6 Å². The topological polar surface area (TPSA) is 89.4 Å². The van der Waals surface area contributed by atoms with Crippen LogP contribution in [0.1, 0.15) is 20.8 Å². The Labute approximate surface area is 238 Å². The van der Waals surface area contributed by atoms with E-state index >= 15 is 0 Å². The summed E-state index contributed by atoms with van der Waals surface area (Å²) < 4.78 is 5.48. The van der Waals surface area contributed by atoms with E-state index in [9.17, 15) is 0 Å². The maximum absolute atomic E-state index is 7.99. The van der Waals surface area contributed by atoms with Gasteiger partial charge in [-0.15, -0.1) is 24.5 Å². The molecule has 36 heavy (non-hydrogen) atoms. The van der Waals surface area contributed by atoms with E-state index in [1.807, 2.05) is 81.4 Å². The second kappa shape index (κ2) is 19.6. The molecule has 2 rings (SSSR count). The maximum Gasteiger partial charge on any atom is 4.00 e. The molecule has 0 heterocycles. The third-order valence-corrected chi connectivity index (χ3v) is 6.14. The Hall–Kier alpha value is -1.44. The van der Waals surface area contributed by atoms with Crippen molar-refractivity contribution >= 4 is 27.8 Å². The molecule has 0 unspecified atom stereocenters. The fourth-order valence-corrected chi connectivity index (χ4v) is 3.82. The second-order valence-corrected chi connectivity index (χ2v) is 20.2. The minimum atomic E-state index is -1.23. The summed E-state index contributed by atoms with van der Waals surface area (Å²) >= 11 is 0. The quantitative estimate of drug-likeness (QED) is 0.165. The summed E-state index contributed by atoms with van der Waals surface area (Å²) in [7, 11) is -2.45. The Kier molecular flexibility index (Phi) is 20.0. The Bertz CT molecular complexity index is 759. The molecule has 0 radical (unpaired) electrons. The number of hydrogen-bond donors (Lipinski definition) is 0. The van der Waals surface area contributed by atoms with Gasteiger partial charge in [0.25, 0.3) is 0 Å². The molecule has 0 amide bonds. The number of rotatable bonds is 10. The number of nitriles is 1. The monoisotopic (exact) mass is 559 g/mol. The van der Waals surface area contributed by atoms with Crippen molar-refractivity contribution in [1.82, 2.24) is 0 Å². The fourth-order valence-electron chi connectivity index (χ4n) is 2.30. The summed E-state index contributed by atoms with van der Waals surface area (Å²) in [6.07, 6.45) is 1.73. The van der Waals surface area contributed by atoms with Crippen LogP contribution in [0.4, 0.5) is 11.4 Å². The van der Waals surface area contributed by atoms with Gasteiger partial charge in [0.1, 0.15) is 0 Å². The van der Waals surface area contributed by atoms with Crippen LogP contribution in [0.2, 0.25) is 39.3 Å². The molecule has 0 spiro atoms. The predicted molar refractivity (Wildman–Crippen MR) is 158 cm³/mol. The second-order valence-electron chi connectivity index (χ2n) is 10.9. The molecule has 0 atom stereocenters. The molecule has 0 fully saturated rings. The minimum absolute atomic E-state index is 0. The van der Waals surface area contributed by atoms with Crippen molar-refractivity contribution in [2.75, 3.05) is 26.3 Å². The van der Waals surface area contributed by atoms with Gasteiger partial charge in [0.15, 0.2) is 0 Å². The van der Waals surface area contributed by atoms with E-state index < -0.39 is 16.5 Å². The van der Waals surface area contributed by atoms with Crippen LogP contribution in [0.3, 0.4) is 0 Å². The van der Waals surface area contributed by atoms with Gasteiger partial charge in [-0.1, -0.05) is 143 Å². The van der Waals surface area contributed by atoms with Crippen molar-refractivity contribution in [3.8, 4) is 6.19 Å². The Morgan fingerprint density at radius 2 is 1.08 bits per heavy atom. The molecule has 0 aromatic heterocycles. The molecule has 0 aliphatic rings. The van der Waals surface area contributed by atoms with Gasteiger partial charge in [-0.2, -0.15) is 0 Å². The Morgan fingerprint density at radius 3 is 1.33 bits per heavy atom. The molecule has 2 aromatic carbocycles. The molecule has 0 aliphatic carbocycles. The van der Waals surface area contributed by atoms with Crippen molar-refractivity contribution < 1.29 is 26.5 Å². The number of hydrogen-bond acceptors (Lipinski definition) is 2. The first-order valence-electron chi connectivity index (χ1n) is 12.1. The molecule has 196 valence electrons. The number of para-hydroxylation sites is 2. The fraction of sp³-hybridized carbons (Fsp3) is 0.519. The van der Waals surface area contributed by atoms with Gasteiger partial charge < -0.3 is 30.6 Å². The summed E-state index contributed by atoms with van der Waals surface area (Å²) in [5.74, 6) is 0. The largest absolute Gasteiger partial charge is 4.00 e. The van der Waals surface area contributed by atoms with Gasteiger partial charge in [0.2, 0.25) is 0 Å². The van der Waals surface area contributed by atoms with Crippen molar-refractivity contribution in [3.05, 3.63) is 81.3 Å². The van der Waals surface area contributed by atoms with Gasteiger partial charge in [-0.3, -0.25) is 0 Å². The third kappa shape index (κ3) is 27.2. The zero-order valence-corrected chi connectivity index (χ0v) is 27.3. The van der Waals surface area contributed by atoms with Gasteiger partial charge in [0, 0.05) is 13.2 Å². The van der Waals surface area contributed by atoms with E-state index in [0.29, 0.717) is 0 Å². The first-order valence-corrected chi connectivity index (χ1v) is 19.0. The average Bonchev–Trinajstić information content (AvgIpc) is 2.73. The summed E-state index contributed by atoms with van der Waals surface area (Å²) in [4.78, 5) is 9.19. The zero-order chi connectivity index (χ0) is 26.8. The summed E-state index contributed by atoms with van der Waals surface area (Å²) in [5.41, 5.74) is 1.80. The molecular weight excluding hydrogens is 514 g/mol. The molecule has 2 aromatic rings. The Morgan fingerprint density at radius 1 is 0.722 bits per heavy atom. The molecule has 0 N–H and O–H groups in total. The first-order chi connectivity index (χ1) is 16.2. The standard InChI is InChI=1S/C12H10N.C10H26N2OSi2.C5H9N2.Ti/c1-3-7-11(8-4-1)13-12-9-5-2-6-10-12;1-14(2,3)11-7-9-13-10-8-12-15(4,5)6;1-5(2,3)7-4-6;/h1-10H;7-10H2,1-6H3;1-3H3;/q-1;-2;-1;+4. The average molecular weight is 560 g/mol. The van der Waals surface area contributed by atoms with Crippen molar-refractivity contribution in [1.29, 1.82) is 5.26 Å². The van der Waals surface area contributed by atoms with E-state index in [2.05, 4.69) is 59.9 Å². The SMILES string of the molecule is CC(C)(C)[N-]C#N.C[Si](C)(C)[N-]CCOCC[N-][Si](C)(C)C.[Ti+4].c1ccc([N-]c2ccccc2)cc1. The van der Waals surface area contributed by atoms with Gasteiger partial charge >= 0.3 is 21.7 Å². The molecule has 0 bridgehead atoms. The van der Waals surface area contributed by atoms with Crippen LogP contribution < -0.4 is 0 Å². The smallest absolute Gasteiger partial charge is 0.663 e. The van der Waals surface area contributed by atoms with E-state index in [4.69, 9.17) is 10.00 Å². The van der Waals surface area contributed by atoms with E-state index in [1.165, 1.54) is 0 Å².